The van der Waals surface area contributed by atoms with Crippen molar-refractivity contribution in [3.8, 4) is 0 Å². The Labute approximate surface area is 117 Å². The van der Waals surface area contributed by atoms with Crippen LogP contribution in [0.25, 0.3) is 0 Å². The lowest BCUT2D eigenvalue weighted by atomic mass is 9.64. The Balaban J connectivity index is 2.21. The minimum atomic E-state index is 0.203. The van der Waals surface area contributed by atoms with E-state index in [-0.39, 0.29) is 11.5 Å². The molecule has 0 bridgehead atoms. The molecule has 1 aromatic rings. The second kappa shape index (κ2) is 6.38. The van der Waals surface area contributed by atoms with Crippen LogP contribution in [0.2, 0.25) is 0 Å². The summed E-state index contributed by atoms with van der Waals surface area (Å²) in [6.07, 6.45) is 8.59. The zero-order valence-electron chi connectivity index (χ0n) is 12.2. The number of allylic oxidation sites excluding steroid dienone is 1. The maximum Gasteiger partial charge on any atom is 0.0139 e. The third-order valence-electron chi connectivity index (χ3n) is 4.69. The lowest BCUT2D eigenvalue weighted by Crippen LogP contribution is -2.46. The average molecular weight is 257 g/mol. The van der Waals surface area contributed by atoms with Gasteiger partial charge >= 0.3 is 0 Å². The molecule has 1 saturated carbocycles. The van der Waals surface area contributed by atoms with Gasteiger partial charge in [-0.15, -0.1) is 6.58 Å². The lowest BCUT2D eigenvalue weighted by Gasteiger charge is -2.43. The van der Waals surface area contributed by atoms with Crippen molar-refractivity contribution in [2.24, 2.45) is 5.73 Å². The number of nitrogens with two attached hydrogens (primary N) is 1. The van der Waals surface area contributed by atoms with Crippen molar-refractivity contribution in [1.29, 1.82) is 0 Å². The van der Waals surface area contributed by atoms with Gasteiger partial charge in [0.2, 0.25) is 0 Å². The Morgan fingerprint density at radius 1 is 1.21 bits per heavy atom. The molecule has 0 aliphatic heterocycles. The number of rotatable bonds is 5. The first-order valence-electron chi connectivity index (χ1n) is 7.61. The molecule has 104 valence electrons. The van der Waals surface area contributed by atoms with Crippen LogP contribution >= 0.6 is 0 Å². The molecule has 1 aromatic carbocycles. The molecule has 1 fully saturated rings. The molecule has 0 radical (unpaired) electrons. The van der Waals surface area contributed by atoms with Gasteiger partial charge in [0.05, 0.1) is 0 Å². The second-order valence-corrected chi connectivity index (χ2v) is 6.19. The van der Waals surface area contributed by atoms with Crippen LogP contribution in [0.1, 0.15) is 57.4 Å². The Bertz CT molecular complexity index is 401. The topological polar surface area (TPSA) is 26.0 Å². The second-order valence-electron chi connectivity index (χ2n) is 6.19. The van der Waals surface area contributed by atoms with Gasteiger partial charge in [-0.25, -0.2) is 0 Å². The maximum absolute atomic E-state index is 6.62. The Morgan fingerprint density at radius 3 is 2.42 bits per heavy atom. The van der Waals surface area contributed by atoms with E-state index in [1.807, 2.05) is 0 Å². The van der Waals surface area contributed by atoms with E-state index in [9.17, 15) is 0 Å². The molecule has 0 heterocycles. The number of hydrogen-bond donors (Lipinski definition) is 1. The summed E-state index contributed by atoms with van der Waals surface area (Å²) in [6, 6.07) is 11.2. The fraction of sp³-hybridized carbons (Fsp3) is 0.556. The maximum atomic E-state index is 6.62. The van der Waals surface area contributed by atoms with Gasteiger partial charge in [-0.3, -0.25) is 0 Å². The summed E-state index contributed by atoms with van der Waals surface area (Å²) in [5.74, 6) is 0. The number of hydrogen-bond acceptors (Lipinski definition) is 1. The van der Waals surface area contributed by atoms with Crippen molar-refractivity contribution in [3.63, 3.8) is 0 Å². The van der Waals surface area contributed by atoms with E-state index in [2.05, 4.69) is 43.8 Å². The molecule has 0 amide bonds. The van der Waals surface area contributed by atoms with Crippen LogP contribution in [0.5, 0.6) is 0 Å². The first-order valence-corrected chi connectivity index (χ1v) is 7.61. The molecule has 0 saturated heterocycles. The summed E-state index contributed by atoms with van der Waals surface area (Å²) in [6.45, 7) is 6.11. The molecule has 2 rings (SSSR count). The molecular formula is C18H27N. The van der Waals surface area contributed by atoms with Crippen molar-refractivity contribution in [3.05, 3.63) is 48.0 Å². The lowest BCUT2D eigenvalue weighted by molar-refractivity contribution is 0.234. The van der Waals surface area contributed by atoms with Gasteiger partial charge in [0.1, 0.15) is 0 Å². The van der Waals surface area contributed by atoms with Crippen molar-refractivity contribution < 1.29 is 0 Å². The van der Waals surface area contributed by atoms with E-state index < -0.39 is 0 Å². The molecule has 1 unspecified atom stereocenters. The summed E-state index contributed by atoms with van der Waals surface area (Å²) in [5, 5.41) is 0. The van der Waals surface area contributed by atoms with Crippen LogP contribution in [-0.2, 0) is 5.41 Å². The Morgan fingerprint density at radius 2 is 1.84 bits per heavy atom. The first-order chi connectivity index (χ1) is 9.15. The zero-order valence-corrected chi connectivity index (χ0v) is 12.2. The highest BCUT2D eigenvalue weighted by Crippen LogP contribution is 2.42. The van der Waals surface area contributed by atoms with Gasteiger partial charge in [0.15, 0.2) is 0 Å². The highest BCUT2D eigenvalue weighted by Gasteiger charge is 2.38. The van der Waals surface area contributed by atoms with Gasteiger partial charge < -0.3 is 5.73 Å². The predicted octanol–water partition coefficient (Wildman–Crippen LogP) is 4.57. The van der Waals surface area contributed by atoms with E-state index in [0.29, 0.717) is 0 Å². The molecule has 0 aromatic heterocycles. The van der Waals surface area contributed by atoms with Crippen LogP contribution in [0.15, 0.2) is 42.5 Å². The molecule has 1 atom stereocenters. The summed E-state index contributed by atoms with van der Waals surface area (Å²) < 4.78 is 0. The van der Waals surface area contributed by atoms with E-state index >= 15 is 0 Å². The van der Waals surface area contributed by atoms with Crippen LogP contribution in [-0.4, -0.2) is 6.04 Å². The normalized spacial score (nSPS) is 19.9. The van der Waals surface area contributed by atoms with Gasteiger partial charge in [0.25, 0.3) is 0 Å². The highest BCUT2D eigenvalue weighted by molar-refractivity contribution is 5.28. The summed E-state index contributed by atoms with van der Waals surface area (Å²) >= 11 is 0. The third kappa shape index (κ3) is 3.27. The first kappa shape index (κ1) is 14.3. The fourth-order valence-electron chi connectivity index (χ4n) is 3.50. The Kier molecular flexibility index (Phi) is 4.81. The van der Waals surface area contributed by atoms with Crippen molar-refractivity contribution >= 4 is 0 Å². The largest absolute Gasteiger partial charge is 0.327 e. The van der Waals surface area contributed by atoms with Crippen LogP contribution < -0.4 is 5.73 Å². The molecule has 19 heavy (non-hydrogen) atoms. The monoisotopic (exact) mass is 257 g/mol. The predicted molar refractivity (Wildman–Crippen MR) is 83.2 cm³/mol. The van der Waals surface area contributed by atoms with Gasteiger partial charge in [0, 0.05) is 11.5 Å². The summed E-state index contributed by atoms with van der Waals surface area (Å²) in [4.78, 5) is 0. The molecule has 1 nitrogen and oxygen atoms in total. The van der Waals surface area contributed by atoms with Gasteiger partial charge in [-0.05, 0) is 38.2 Å². The summed E-state index contributed by atoms with van der Waals surface area (Å²) in [5.41, 5.74) is 9.52. The minimum absolute atomic E-state index is 0.203. The highest BCUT2D eigenvalue weighted by atomic mass is 14.7. The average Bonchev–Trinajstić information content (AvgIpc) is 2.46. The summed E-state index contributed by atoms with van der Waals surface area (Å²) in [7, 11) is 0. The fourth-order valence-corrected chi connectivity index (χ4v) is 3.50. The molecule has 0 spiro atoms. The van der Waals surface area contributed by atoms with Crippen molar-refractivity contribution in [2.45, 2.75) is 63.3 Å². The molecule has 1 aliphatic rings. The molecule has 2 N–H and O–H groups in total. The molecule has 1 heteroatoms. The van der Waals surface area contributed by atoms with Crippen molar-refractivity contribution in [2.75, 3.05) is 0 Å². The molecule has 1 aliphatic carbocycles. The van der Waals surface area contributed by atoms with Gasteiger partial charge in [-0.2, -0.15) is 0 Å². The minimum Gasteiger partial charge on any atom is -0.327 e. The van der Waals surface area contributed by atoms with E-state index in [0.717, 1.165) is 12.8 Å². The number of benzene rings is 1. The van der Waals surface area contributed by atoms with E-state index in [1.165, 1.54) is 43.2 Å². The Hall–Kier alpha value is -1.08. The third-order valence-corrected chi connectivity index (χ3v) is 4.69. The van der Waals surface area contributed by atoms with Crippen LogP contribution in [0, 0.1) is 0 Å². The van der Waals surface area contributed by atoms with Crippen LogP contribution in [0.3, 0.4) is 0 Å². The van der Waals surface area contributed by atoms with E-state index in [4.69, 9.17) is 5.73 Å². The zero-order chi connectivity index (χ0) is 13.7. The van der Waals surface area contributed by atoms with E-state index in [1.54, 1.807) is 0 Å². The molecular weight excluding hydrogens is 230 g/mol. The van der Waals surface area contributed by atoms with Crippen molar-refractivity contribution in [1.82, 2.24) is 0 Å². The SMILES string of the molecule is C=C(C)CCC(N)C1(c2ccccc2)CCCCC1. The van der Waals surface area contributed by atoms with Gasteiger partial charge in [-0.1, -0.05) is 55.2 Å². The standard InChI is InChI=1S/C18H27N/c1-15(2)11-12-17(19)18(13-7-4-8-14-18)16-9-5-3-6-10-16/h3,5-6,9-10,17H,1,4,7-8,11-14,19H2,2H3. The quantitative estimate of drug-likeness (QED) is 0.768. The smallest absolute Gasteiger partial charge is 0.0139 e. The van der Waals surface area contributed by atoms with Crippen LogP contribution in [0.4, 0.5) is 0 Å².